The highest BCUT2D eigenvalue weighted by Gasteiger charge is 2.38. The maximum Gasteiger partial charge on any atom is 0.242 e. The average Bonchev–Trinajstić information content (AvgIpc) is 3.31. The van der Waals surface area contributed by atoms with Crippen LogP contribution in [-0.2, 0) is 38.4 Å². The molecule has 0 aromatic rings. The molecule has 4 atom stereocenters. The lowest BCUT2D eigenvalue weighted by molar-refractivity contribution is -0.139. The molecule has 1 saturated heterocycles. The van der Waals surface area contributed by atoms with E-state index in [0.29, 0.717) is 30.9 Å². The first-order valence-electron chi connectivity index (χ1n) is 17.5. The van der Waals surface area contributed by atoms with Crippen LogP contribution in [0.2, 0.25) is 0 Å². The molecule has 0 radical (unpaired) electrons. The van der Waals surface area contributed by atoms with Gasteiger partial charge in [0.05, 0.1) is 16.8 Å². The molecule has 0 aliphatic carbocycles. The zero-order chi connectivity index (χ0) is 37.9. The largest absolute Gasteiger partial charge is 0.351 e. The molecule has 0 aromatic heterocycles. The summed E-state index contributed by atoms with van der Waals surface area (Å²) in [5.41, 5.74) is -0.123. The van der Waals surface area contributed by atoms with Crippen molar-refractivity contribution in [1.29, 1.82) is 0 Å². The Balaban J connectivity index is 2.28. The van der Waals surface area contributed by atoms with Gasteiger partial charge in [0.2, 0.25) is 41.4 Å². The monoisotopic (exact) mass is 740 g/mol. The van der Waals surface area contributed by atoms with E-state index in [4.69, 9.17) is 0 Å². The van der Waals surface area contributed by atoms with Crippen molar-refractivity contribution in [3.8, 4) is 0 Å². The second-order valence-electron chi connectivity index (χ2n) is 13.3. The van der Waals surface area contributed by atoms with Gasteiger partial charge in [-0.3, -0.25) is 38.5 Å². The minimum atomic E-state index is -0.950. The number of carbonyl (C=O) groups is 8. The fourth-order valence-corrected chi connectivity index (χ4v) is 6.61. The van der Waals surface area contributed by atoms with E-state index in [1.165, 1.54) is 30.5 Å². The minimum absolute atomic E-state index is 0.0844. The van der Waals surface area contributed by atoms with Crippen molar-refractivity contribution in [2.24, 2.45) is 0 Å². The summed E-state index contributed by atoms with van der Waals surface area (Å²) in [6.45, 7) is 10.6. The molecule has 5 N–H and O–H groups in total. The molecule has 4 unspecified atom stereocenters. The lowest BCUT2D eigenvalue weighted by Gasteiger charge is -2.24. The Bertz CT molecular complexity index is 1210. The van der Waals surface area contributed by atoms with Gasteiger partial charge in [0.1, 0.15) is 18.1 Å². The lowest BCUT2D eigenvalue weighted by Crippen LogP contribution is -2.54. The molecule has 1 rings (SSSR count). The van der Waals surface area contributed by atoms with Gasteiger partial charge in [-0.25, -0.2) is 0 Å². The van der Waals surface area contributed by atoms with Crippen LogP contribution in [0.4, 0.5) is 0 Å². The van der Waals surface area contributed by atoms with Crippen LogP contribution in [0.1, 0.15) is 106 Å². The van der Waals surface area contributed by atoms with Crippen LogP contribution in [0.5, 0.6) is 0 Å². The Hall–Kier alpha value is -3.08. The fourth-order valence-electron chi connectivity index (χ4n) is 4.69. The van der Waals surface area contributed by atoms with E-state index in [-0.39, 0.29) is 66.6 Å². The summed E-state index contributed by atoms with van der Waals surface area (Å²) < 4.78 is 0. The normalized spacial score (nSPS) is 16.3. The van der Waals surface area contributed by atoms with Crippen molar-refractivity contribution >= 4 is 78.4 Å². The highest BCUT2D eigenvalue weighted by Crippen LogP contribution is 2.26. The van der Waals surface area contributed by atoms with Crippen LogP contribution in [0.25, 0.3) is 0 Å². The molecule has 0 bridgehead atoms. The van der Waals surface area contributed by atoms with Crippen molar-refractivity contribution in [3.05, 3.63) is 0 Å². The van der Waals surface area contributed by atoms with E-state index in [9.17, 15) is 38.4 Å². The summed E-state index contributed by atoms with van der Waals surface area (Å²) in [4.78, 5) is 99.4. The summed E-state index contributed by atoms with van der Waals surface area (Å²) in [6, 6.07) is -2.68. The van der Waals surface area contributed by atoms with Crippen molar-refractivity contribution in [2.45, 2.75) is 135 Å². The Morgan fingerprint density at radius 3 is 2.02 bits per heavy atom. The van der Waals surface area contributed by atoms with E-state index >= 15 is 0 Å². The molecule has 1 heterocycles. The van der Waals surface area contributed by atoms with E-state index < -0.39 is 35.2 Å². The lowest BCUT2D eigenvalue weighted by atomic mass is 9.97. The zero-order valence-electron chi connectivity index (χ0n) is 30.7. The van der Waals surface area contributed by atoms with E-state index in [2.05, 4.69) is 26.6 Å². The molecular formula is C33H57BN6O8S2. The number of amides is 7. The average molecular weight is 741 g/mol. The first-order valence-corrected chi connectivity index (χ1v) is 19.7. The number of unbranched alkanes of at least 4 members (excludes halogenated alkanes) is 2. The van der Waals surface area contributed by atoms with Crippen molar-refractivity contribution in [2.75, 3.05) is 23.9 Å². The number of imide groups is 1. The highest BCUT2D eigenvalue weighted by atomic mass is 32.2. The first-order chi connectivity index (χ1) is 23.5. The minimum Gasteiger partial charge on any atom is -0.351 e. The number of likely N-dealkylation sites (tertiary alicyclic amines) is 1. The molecule has 17 heteroatoms. The van der Waals surface area contributed by atoms with Gasteiger partial charge in [-0.05, 0) is 84.6 Å². The number of hydrogen-bond donors (Lipinski definition) is 5. The van der Waals surface area contributed by atoms with Crippen molar-refractivity contribution < 1.29 is 38.4 Å². The molecule has 14 nitrogen and oxygen atoms in total. The number of hydrogen-bond acceptors (Lipinski definition) is 10. The van der Waals surface area contributed by atoms with Gasteiger partial charge in [-0.2, -0.15) is 0 Å². The van der Waals surface area contributed by atoms with Gasteiger partial charge in [0, 0.05) is 31.3 Å². The van der Waals surface area contributed by atoms with Crippen LogP contribution >= 0.6 is 23.5 Å². The molecule has 50 heavy (non-hydrogen) atoms. The number of thioether (sulfide) groups is 2. The van der Waals surface area contributed by atoms with Gasteiger partial charge in [0.25, 0.3) is 0 Å². The number of nitrogens with zero attached hydrogens (tertiary/aromatic N) is 1. The summed E-state index contributed by atoms with van der Waals surface area (Å²) in [7, 11) is 1.58. The van der Waals surface area contributed by atoms with Crippen LogP contribution in [0, 0.1) is 0 Å². The molecule has 0 aromatic carbocycles. The van der Waals surface area contributed by atoms with E-state index in [1.54, 1.807) is 26.5 Å². The van der Waals surface area contributed by atoms with Crippen LogP contribution < -0.4 is 26.6 Å². The van der Waals surface area contributed by atoms with Gasteiger partial charge in [-0.1, -0.05) is 13.3 Å². The summed E-state index contributed by atoms with van der Waals surface area (Å²) in [5, 5.41) is 12.9. The van der Waals surface area contributed by atoms with Crippen LogP contribution in [0.15, 0.2) is 0 Å². The molecule has 0 spiro atoms. The number of rotatable bonds is 25. The second-order valence-corrected chi connectivity index (χ2v) is 15.7. The molecule has 282 valence electrons. The van der Waals surface area contributed by atoms with Gasteiger partial charge in [0.15, 0.2) is 7.85 Å². The molecule has 7 amide bonds. The number of carbonyl (C=O) groups excluding carboxylic acids is 8. The predicted molar refractivity (Wildman–Crippen MR) is 199 cm³/mol. The van der Waals surface area contributed by atoms with Crippen LogP contribution in [-0.4, -0.2) is 113 Å². The van der Waals surface area contributed by atoms with Crippen LogP contribution in [0.3, 0.4) is 0 Å². The second kappa shape index (κ2) is 23.4. The Kier molecular flexibility index (Phi) is 21.0. The topological polar surface area (TPSA) is 200 Å². The SMILES string of the molecule is BC(=O)CCCCCSCNC(=O)C(C)NC(=O)C(C)NC(=O)C(C)NC(=O)CCCSC1CC(=O)N(CCCC(=O)NC(C)(C)CC)C1=O. The number of nitrogens with one attached hydrogen (secondary N) is 5. The highest BCUT2D eigenvalue weighted by molar-refractivity contribution is 8.00. The third-order valence-electron chi connectivity index (χ3n) is 8.16. The molecule has 1 fully saturated rings. The third kappa shape index (κ3) is 18.2. The molecule has 1 aliphatic heterocycles. The maximum atomic E-state index is 12.8. The Morgan fingerprint density at radius 1 is 0.800 bits per heavy atom. The molecule has 1 aliphatic rings. The van der Waals surface area contributed by atoms with E-state index in [1.807, 2.05) is 20.8 Å². The smallest absolute Gasteiger partial charge is 0.242 e. The summed E-state index contributed by atoms with van der Waals surface area (Å²) >= 11 is 2.87. The van der Waals surface area contributed by atoms with Gasteiger partial charge in [-0.15, -0.1) is 23.5 Å². The molecule has 0 saturated carbocycles. The van der Waals surface area contributed by atoms with Crippen molar-refractivity contribution in [1.82, 2.24) is 31.5 Å². The third-order valence-corrected chi connectivity index (χ3v) is 10.4. The Labute approximate surface area is 306 Å². The quantitative estimate of drug-likeness (QED) is 0.0385. The summed E-state index contributed by atoms with van der Waals surface area (Å²) in [6.07, 6.45) is 5.36. The van der Waals surface area contributed by atoms with E-state index in [0.717, 1.165) is 31.4 Å². The first kappa shape index (κ1) is 44.9. The maximum absolute atomic E-state index is 12.8. The van der Waals surface area contributed by atoms with Gasteiger partial charge >= 0.3 is 0 Å². The fraction of sp³-hybridized carbons (Fsp3) is 0.758. The molecular weight excluding hydrogens is 683 g/mol. The predicted octanol–water partition coefficient (Wildman–Crippen LogP) is 0.753. The standard InChI is InChI=1S/C33H57BN6O8S2/c1-7-33(5,6)39-27(43)14-11-16-40-28(44)19-24(32(40)48)50-18-12-15-26(42)36-22(3)30(46)38-23(4)31(47)37-21(2)29(45)35-20-49-17-10-8-9-13-25(34)41/h21-24H,7-20,34H2,1-6H3,(H,35,45)(H,36,42)(H,37,47)(H,38,46)(H,39,43). The zero-order valence-corrected chi connectivity index (χ0v) is 32.4. The summed E-state index contributed by atoms with van der Waals surface area (Å²) in [5.74, 6) is -0.784. The van der Waals surface area contributed by atoms with Gasteiger partial charge < -0.3 is 31.4 Å². The Morgan fingerprint density at radius 2 is 1.40 bits per heavy atom. The van der Waals surface area contributed by atoms with Crippen molar-refractivity contribution in [3.63, 3.8) is 0 Å².